The van der Waals surface area contributed by atoms with E-state index in [9.17, 15) is 4.79 Å². The van der Waals surface area contributed by atoms with Gasteiger partial charge >= 0.3 is 0 Å². The van der Waals surface area contributed by atoms with Crippen LogP contribution in [0, 0.1) is 0 Å². The lowest BCUT2D eigenvalue weighted by atomic mass is 10.0. The molecule has 0 saturated heterocycles. The zero-order valence-electron chi connectivity index (χ0n) is 15.6. The van der Waals surface area contributed by atoms with Crippen LogP contribution in [0.5, 0.6) is 0 Å². The summed E-state index contributed by atoms with van der Waals surface area (Å²) < 4.78 is 0. The molecule has 5 heteroatoms. The van der Waals surface area contributed by atoms with Crippen molar-refractivity contribution in [3.63, 3.8) is 0 Å². The van der Waals surface area contributed by atoms with Crippen LogP contribution in [0.4, 0.5) is 0 Å². The van der Waals surface area contributed by atoms with E-state index in [1.54, 1.807) is 17.5 Å². The number of amides is 1. The van der Waals surface area contributed by atoms with Crippen LogP contribution >= 0.6 is 11.3 Å². The van der Waals surface area contributed by atoms with Crippen LogP contribution in [0.2, 0.25) is 0 Å². The molecule has 0 radical (unpaired) electrons. The summed E-state index contributed by atoms with van der Waals surface area (Å²) in [4.78, 5) is 23.6. The molecule has 3 heterocycles. The van der Waals surface area contributed by atoms with Crippen molar-refractivity contribution < 1.29 is 4.79 Å². The Kier molecular flexibility index (Phi) is 5.44. The molecule has 4 aromatic rings. The molecule has 0 spiro atoms. The van der Waals surface area contributed by atoms with Gasteiger partial charge in [-0.05, 0) is 42.1 Å². The summed E-state index contributed by atoms with van der Waals surface area (Å²) in [5, 5.41) is 6.13. The maximum Gasteiger partial charge on any atom is 0.252 e. The van der Waals surface area contributed by atoms with E-state index in [0.717, 1.165) is 29.4 Å². The number of fused-ring (bicyclic) bond motifs is 1. The summed E-state index contributed by atoms with van der Waals surface area (Å²) >= 11 is 1.67. The second-order valence-corrected chi connectivity index (χ2v) is 7.60. The number of nitrogens with one attached hydrogen (secondary N) is 1. The highest BCUT2D eigenvalue weighted by molar-refractivity contribution is 7.10. The van der Waals surface area contributed by atoms with E-state index in [1.807, 2.05) is 60.0 Å². The number of hydrogen-bond donors (Lipinski definition) is 1. The standard InChI is InChI=1S/C23H21N3OS/c1-2-8-20(22-12-7-14-28-22)26-23(27)17-15-21(19-11-5-6-13-24-19)25-18-10-4-3-9-16(17)18/h3-7,9-15,20H,2,8H2,1H3,(H,26,27). The highest BCUT2D eigenvalue weighted by Gasteiger charge is 2.19. The molecule has 4 rings (SSSR count). The maximum absolute atomic E-state index is 13.3. The molecule has 1 unspecified atom stereocenters. The lowest BCUT2D eigenvalue weighted by molar-refractivity contribution is 0.0937. The Morgan fingerprint density at radius 3 is 2.68 bits per heavy atom. The molecular formula is C23H21N3OS. The van der Waals surface area contributed by atoms with Gasteiger partial charge in [0.2, 0.25) is 0 Å². The van der Waals surface area contributed by atoms with E-state index in [4.69, 9.17) is 4.98 Å². The van der Waals surface area contributed by atoms with E-state index in [1.165, 1.54) is 4.88 Å². The molecule has 28 heavy (non-hydrogen) atoms. The summed E-state index contributed by atoms with van der Waals surface area (Å²) in [6, 6.07) is 19.4. The summed E-state index contributed by atoms with van der Waals surface area (Å²) in [5.74, 6) is -0.0809. The van der Waals surface area contributed by atoms with Crippen LogP contribution in [-0.2, 0) is 0 Å². The molecule has 0 aliphatic heterocycles. The fourth-order valence-corrected chi connectivity index (χ4v) is 4.12. The summed E-state index contributed by atoms with van der Waals surface area (Å²) in [7, 11) is 0. The second-order valence-electron chi connectivity index (χ2n) is 6.62. The molecule has 0 bridgehead atoms. The number of aromatic nitrogens is 2. The number of carbonyl (C=O) groups is 1. The average molecular weight is 388 g/mol. The quantitative estimate of drug-likeness (QED) is 0.466. The first-order valence-corrected chi connectivity index (χ1v) is 10.3. The van der Waals surface area contributed by atoms with Crippen LogP contribution < -0.4 is 5.32 Å². The molecule has 1 N–H and O–H groups in total. The van der Waals surface area contributed by atoms with Crippen molar-refractivity contribution in [2.45, 2.75) is 25.8 Å². The largest absolute Gasteiger partial charge is 0.344 e. The summed E-state index contributed by atoms with van der Waals surface area (Å²) in [6.45, 7) is 2.13. The Hall–Kier alpha value is -3.05. The predicted molar refractivity (Wildman–Crippen MR) is 114 cm³/mol. The Morgan fingerprint density at radius 2 is 1.93 bits per heavy atom. The van der Waals surface area contributed by atoms with Gasteiger partial charge in [0.05, 0.1) is 28.5 Å². The third-order valence-corrected chi connectivity index (χ3v) is 5.64. The number of carbonyl (C=O) groups excluding carboxylic acids is 1. The Morgan fingerprint density at radius 1 is 1.07 bits per heavy atom. The zero-order chi connectivity index (χ0) is 19.3. The van der Waals surface area contributed by atoms with E-state index < -0.39 is 0 Å². The number of benzene rings is 1. The molecule has 140 valence electrons. The van der Waals surface area contributed by atoms with Crippen LogP contribution in [-0.4, -0.2) is 15.9 Å². The Bertz CT molecular complexity index is 1080. The van der Waals surface area contributed by atoms with Crippen molar-refractivity contribution in [1.29, 1.82) is 0 Å². The van der Waals surface area contributed by atoms with Crippen molar-refractivity contribution in [1.82, 2.24) is 15.3 Å². The molecule has 1 aromatic carbocycles. The number of nitrogens with zero attached hydrogens (tertiary/aromatic N) is 2. The predicted octanol–water partition coefficient (Wildman–Crippen LogP) is 5.63. The van der Waals surface area contributed by atoms with E-state index in [0.29, 0.717) is 11.3 Å². The number of thiophene rings is 1. The average Bonchev–Trinajstić information content (AvgIpc) is 3.28. The first-order chi connectivity index (χ1) is 13.8. The molecule has 3 aromatic heterocycles. The van der Waals surface area contributed by atoms with Gasteiger partial charge in [0, 0.05) is 16.5 Å². The third kappa shape index (κ3) is 3.80. The van der Waals surface area contributed by atoms with Crippen molar-refractivity contribution in [3.05, 3.63) is 82.7 Å². The van der Waals surface area contributed by atoms with Gasteiger partial charge in [-0.1, -0.05) is 43.7 Å². The fraction of sp³-hybridized carbons (Fsp3) is 0.174. The summed E-state index contributed by atoms with van der Waals surface area (Å²) in [5.41, 5.74) is 2.88. The van der Waals surface area contributed by atoms with Crippen LogP contribution in [0.3, 0.4) is 0 Å². The van der Waals surface area contributed by atoms with E-state index >= 15 is 0 Å². The molecule has 0 aliphatic carbocycles. The normalized spacial score (nSPS) is 12.0. The van der Waals surface area contributed by atoms with Gasteiger partial charge in [-0.15, -0.1) is 11.3 Å². The van der Waals surface area contributed by atoms with Gasteiger partial charge in [0.1, 0.15) is 0 Å². The SMILES string of the molecule is CCCC(NC(=O)c1cc(-c2ccccn2)nc2ccccc12)c1cccs1. The minimum absolute atomic E-state index is 0.0164. The van der Waals surface area contributed by atoms with Crippen LogP contribution in [0.15, 0.2) is 72.2 Å². The van der Waals surface area contributed by atoms with Crippen molar-refractivity contribution in [2.75, 3.05) is 0 Å². The van der Waals surface area contributed by atoms with Crippen molar-refractivity contribution >= 4 is 28.1 Å². The van der Waals surface area contributed by atoms with Crippen molar-refractivity contribution in [2.24, 2.45) is 0 Å². The van der Waals surface area contributed by atoms with Gasteiger partial charge in [-0.3, -0.25) is 9.78 Å². The van der Waals surface area contributed by atoms with Crippen LogP contribution in [0.25, 0.3) is 22.3 Å². The fourth-order valence-electron chi connectivity index (χ4n) is 3.31. The molecule has 1 atom stereocenters. The highest BCUT2D eigenvalue weighted by Crippen LogP contribution is 2.27. The van der Waals surface area contributed by atoms with Crippen molar-refractivity contribution in [3.8, 4) is 11.4 Å². The third-order valence-electron chi connectivity index (χ3n) is 4.66. The maximum atomic E-state index is 13.3. The first-order valence-electron chi connectivity index (χ1n) is 9.41. The minimum Gasteiger partial charge on any atom is -0.344 e. The topological polar surface area (TPSA) is 54.9 Å². The molecular weight excluding hydrogens is 366 g/mol. The van der Waals surface area contributed by atoms with E-state index in [-0.39, 0.29) is 11.9 Å². The van der Waals surface area contributed by atoms with Gasteiger partial charge in [-0.2, -0.15) is 0 Å². The Labute approximate surface area is 168 Å². The molecule has 0 fully saturated rings. The second kappa shape index (κ2) is 8.31. The number of pyridine rings is 2. The van der Waals surface area contributed by atoms with Crippen LogP contribution in [0.1, 0.15) is 41.0 Å². The van der Waals surface area contributed by atoms with Gasteiger partial charge < -0.3 is 5.32 Å². The lowest BCUT2D eigenvalue weighted by Crippen LogP contribution is -2.28. The number of hydrogen-bond acceptors (Lipinski definition) is 4. The van der Waals surface area contributed by atoms with Gasteiger partial charge in [0.25, 0.3) is 5.91 Å². The lowest BCUT2D eigenvalue weighted by Gasteiger charge is -2.18. The number of rotatable bonds is 6. The Balaban J connectivity index is 1.75. The van der Waals surface area contributed by atoms with Gasteiger partial charge in [-0.25, -0.2) is 4.98 Å². The molecule has 4 nitrogen and oxygen atoms in total. The summed E-state index contributed by atoms with van der Waals surface area (Å²) in [6.07, 6.45) is 3.64. The molecule has 0 saturated carbocycles. The number of para-hydroxylation sites is 1. The first kappa shape index (κ1) is 18.3. The van der Waals surface area contributed by atoms with E-state index in [2.05, 4.69) is 23.3 Å². The monoisotopic (exact) mass is 387 g/mol. The highest BCUT2D eigenvalue weighted by atomic mass is 32.1. The molecule has 1 amide bonds. The minimum atomic E-state index is -0.0809. The van der Waals surface area contributed by atoms with Gasteiger partial charge in [0.15, 0.2) is 0 Å². The molecule has 0 aliphatic rings. The smallest absolute Gasteiger partial charge is 0.252 e. The zero-order valence-corrected chi connectivity index (χ0v) is 16.4.